The van der Waals surface area contributed by atoms with Gasteiger partial charge in [0.2, 0.25) is 0 Å². The van der Waals surface area contributed by atoms with Crippen LogP contribution in [0.25, 0.3) is 32.9 Å². The highest BCUT2D eigenvalue weighted by atomic mass is 19.1. The number of halogens is 1. The first-order chi connectivity index (χ1) is 21.3. The third-order valence-corrected chi connectivity index (χ3v) is 8.70. The summed E-state index contributed by atoms with van der Waals surface area (Å²) in [6.45, 7) is 4.10. The van der Waals surface area contributed by atoms with Gasteiger partial charge in [-0.15, -0.1) is 0 Å². The first-order valence-corrected chi connectivity index (χ1v) is 14.8. The molecule has 226 valence electrons. The maximum Gasteiger partial charge on any atom is 0.335 e. The number of H-pyrrole nitrogens is 2. The lowest BCUT2D eigenvalue weighted by molar-refractivity contribution is 0.0697. The van der Waals surface area contributed by atoms with Gasteiger partial charge in [-0.2, -0.15) is 10.1 Å². The van der Waals surface area contributed by atoms with Crippen molar-refractivity contribution in [2.75, 3.05) is 26.7 Å². The zero-order chi connectivity index (χ0) is 30.5. The van der Waals surface area contributed by atoms with E-state index in [1.807, 2.05) is 6.07 Å². The molecule has 2 aliphatic rings. The Bertz CT molecular complexity index is 1960. The van der Waals surface area contributed by atoms with E-state index in [0.717, 1.165) is 48.9 Å². The van der Waals surface area contributed by atoms with Gasteiger partial charge in [0, 0.05) is 29.0 Å². The molecule has 3 heterocycles. The maximum atomic E-state index is 15.4. The highest BCUT2D eigenvalue weighted by Gasteiger charge is 2.33. The standard InChI is InChI=1S/C33H32FN5O5/c1-17-25(34)12-26-24(13-35-38-26)27(17)28-22(20-7-8-20)11-23-29(30(28)43-15-18-3-5-21(6-4-18)32(41)42)36-33(37-31(23)40)44-16-19-9-10-39(2)14-19/h3-6,11-13,19-20H,7-10,14-16H2,1-2H3,(H,35,38)(H,41,42)(H,36,37,40)/t19-/m1/s1. The zero-order valence-electron chi connectivity index (χ0n) is 24.4. The number of fused-ring (bicyclic) bond motifs is 2. The summed E-state index contributed by atoms with van der Waals surface area (Å²) in [7, 11) is 2.07. The molecule has 1 atom stereocenters. The normalized spacial score (nSPS) is 17.0. The molecule has 0 radical (unpaired) electrons. The molecule has 2 fully saturated rings. The largest absolute Gasteiger partial charge is 0.486 e. The van der Waals surface area contributed by atoms with Gasteiger partial charge in [0.25, 0.3) is 11.6 Å². The van der Waals surface area contributed by atoms with Crippen LogP contribution in [0.5, 0.6) is 11.8 Å². The molecule has 1 saturated carbocycles. The summed E-state index contributed by atoms with van der Waals surface area (Å²) in [5.41, 5.74) is 4.03. The minimum atomic E-state index is -1.02. The van der Waals surface area contributed by atoms with Crippen molar-refractivity contribution in [2.24, 2.45) is 5.92 Å². The number of ether oxygens (including phenoxy) is 2. The Morgan fingerprint density at radius 3 is 2.61 bits per heavy atom. The molecular weight excluding hydrogens is 565 g/mol. The average molecular weight is 598 g/mol. The fraction of sp³-hybridized carbons (Fsp3) is 0.333. The number of benzene rings is 3. The van der Waals surface area contributed by atoms with E-state index >= 15 is 4.39 Å². The van der Waals surface area contributed by atoms with E-state index in [-0.39, 0.29) is 29.7 Å². The number of hydrogen-bond donors (Lipinski definition) is 3. The molecular formula is C33H32FN5O5. The van der Waals surface area contributed by atoms with E-state index in [2.05, 4.69) is 27.1 Å². The summed E-state index contributed by atoms with van der Waals surface area (Å²) in [5, 5.41) is 17.5. The molecule has 44 heavy (non-hydrogen) atoms. The fourth-order valence-electron chi connectivity index (χ4n) is 6.17. The molecule has 2 aromatic heterocycles. The van der Waals surface area contributed by atoms with E-state index in [0.29, 0.717) is 51.4 Å². The van der Waals surface area contributed by atoms with Crippen molar-refractivity contribution in [2.45, 2.75) is 38.7 Å². The van der Waals surface area contributed by atoms with Gasteiger partial charge in [-0.05, 0) is 86.7 Å². The molecule has 0 amide bonds. The second kappa shape index (κ2) is 11.1. The molecule has 11 heteroatoms. The maximum absolute atomic E-state index is 15.4. The summed E-state index contributed by atoms with van der Waals surface area (Å²) in [6, 6.07) is 9.79. The van der Waals surface area contributed by atoms with Crippen molar-refractivity contribution >= 4 is 27.8 Å². The first-order valence-electron chi connectivity index (χ1n) is 14.8. The van der Waals surface area contributed by atoms with E-state index in [1.165, 1.54) is 18.2 Å². The number of nitrogens with zero attached hydrogens (tertiary/aromatic N) is 3. The predicted molar refractivity (Wildman–Crippen MR) is 163 cm³/mol. The molecule has 1 aliphatic heterocycles. The Morgan fingerprint density at radius 2 is 1.91 bits per heavy atom. The van der Waals surface area contributed by atoms with Crippen LogP contribution in [0, 0.1) is 18.7 Å². The molecule has 5 aromatic rings. The van der Waals surface area contributed by atoms with Gasteiger partial charge < -0.3 is 19.5 Å². The van der Waals surface area contributed by atoms with Crippen molar-refractivity contribution in [1.82, 2.24) is 25.1 Å². The second-order valence-corrected chi connectivity index (χ2v) is 11.9. The zero-order valence-corrected chi connectivity index (χ0v) is 24.4. The second-order valence-electron chi connectivity index (χ2n) is 11.9. The van der Waals surface area contributed by atoms with Crippen molar-refractivity contribution in [3.8, 4) is 22.9 Å². The van der Waals surface area contributed by atoms with Crippen LogP contribution in [0.1, 0.15) is 52.2 Å². The highest BCUT2D eigenvalue weighted by molar-refractivity contribution is 6.03. The Balaban J connectivity index is 1.41. The number of hydrogen-bond acceptors (Lipinski definition) is 7. The average Bonchev–Trinajstić information content (AvgIpc) is 3.61. The number of aromatic amines is 2. The third kappa shape index (κ3) is 5.17. The highest BCUT2D eigenvalue weighted by Crippen LogP contribution is 2.51. The van der Waals surface area contributed by atoms with Crippen LogP contribution in [0.4, 0.5) is 4.39 Å². The number of carboxylic acid groups (broad SMARTS) is 1. The lowest BCUT2D eigenvalue weighted by atomic mass is 9.89. The minimum Gasteiger partial charge on any atom is -0.486 e. The van der Waals surface area contributed by atoms with Gasteiger partial charge in [-0.1, -0.05) is 12.1 Å². The SMILES string of the molecule is Cc1c(F)cc2[nH]ncc2c1-c1c(C2CC2)cc2c(=O)[nH]c(OC[C@@H]3CCN(C)C3)nc2c1OCc1ccc(C(=O)O)cc1. The summed E-state index contributed by atoms with van der Waals surface area (Å²) >= 11 is 0. The van der Waals surface area contributed by atoms with E-state index in [1.54, 1.807) is 25.3 Å². The number of aromatic nitrogens is 4. The Labute approximate surface area is 251 Å². The Morgan fingerprint density at radius 1 is 1.11 bits per heavy atom. The first kappa shape index (κ1) is 28.0. The van der Waals surface area contributed by atoms with Gasteiger partial charge in [0.1, 0.15) is 17.9 Å². The van der Waals surface area contributed by atoms with Crippen molar-refractivity contribution in [1.29, 1.82) is 0 Å². The number of carboxylic acids is 1. The Hall–Kier alpha value is -4.77. The summed E-state index contributed by atoms with van der Waals surface area (Å²) in [6.07, 6.45) is 4.53. The third-order valence-electron chi connectivity index (χ3n) is 8.70. The van der Waals surface area contributed by atoms with Crippen molar-refractivity contribution < 1.29 is 23.8 Å². The molecule has 1 aliphatic carbocycles. The van der Waals surface area contributed by atoms with Crippen LogP contribution >= 0.6 is 0 Å². The Kier molecular flexibility index (Phi) is 7.04. The predicted octanol–water partition coefficient (Wildman–Crippen LogP) is 5.40. The summed E-state index contributed by atoms with van der Waals surface area (Å²) in [5.74, 6) is -0.569. The van der Waals surface area contributed by atoms with Crippen LogP contribution < -0.4 is 15.0 Å². The molecule has 10 nitrogen and oxygen atoms in total. The van der Waals surface area contributed by atoms with Crippen molar-refractivity contribution in [3.63, 3.8) is 0 Å². The van der Waals surface area contributed by atoms with E-state index < -0.39 is 11.8 Å². The van der Waals surface area contributed by atoms with Crippen molar-refractivity contribution in [3.05, 3.63) is 81.0 Å². The van der Waals surface area contributed by atoms with Crippen LogP contribution in [0.15, 0.2) is 47.4 Å². The number of nitrogens with one attached hydrogen (secondary N) is 2. The van der Waals surface area contributed by atoms with Gasteiger partial charge in [-0.25, -0.2) is 9.18 Å². The number of carbonyl (C=O) groups is 1. The summed E-state index contributed by atoms with van der Waals surface area (Å²) < 4.78 is 28.0. The van der Waals surface area contributed by atoms with Crippen LogP contribution in [-0.4, -0.2) is 62.9 Å². The van der Waals surface area contributed by atoms with Crippen LogP contribution in [0.3, 0.4) is 0 Å². The van der Waals surface area contributed by atoms with Gasteiger partial charge in [0.05, 0.1) is 29.3 Å². The molecule has 3 N–H and O–H groups in total. The molecule has 3 aromatic carbocycles. The monoisotopic (exact) mass is 597 g/mol. The topological polar surface area (TPSA) is 133 Å². The summed E-state index contributed by atoms with van der Waals surface area (Å²) in [4.78, 5) is 34.8. The van der Waals surface area contributed by atoms with Gasteiger partial charge >= 0.3 is 5.97 Å². The molecule has 0 bridgehead atoms. The molecule has 1 saturated heterocycles. The number of aromatic carboxylic acids is 1. The smallest absolute Gasteiger partial charge is 0.335 e. The molecule has 0 unspecified atom stereocenters. The lowest BCUT2D eigenvalue weighted by Gasteiger charge is -2.21. The molecule has 7 rings (SSSR count). The lowest BCUT2D eigenvalue weighted by Crippen LogP contribution is -2.20. The fourth-order valence-corrected chi connectivity index (χ4v) is 6.17. The van der Waals surface area contributed by atoms with Crippen LogP contribution in [-0.2, 0) is 6.61 Å². The number of likely N-dealkylation sites (tertiary alicyclic amines) is 1. The quantitative estimate of drug-likeness (QED) is 0.206. The number of rotatable bonds is 9. The van der Waals surface area contributed by atoms with Gasteiger partial charge in [0.15, 0.2) is 5.75 Å². The molecule has 0 spiro atoms. The van der Waals surface area contributed by atoms with E-state index in [9.17, 15) is 14.7 Å². The van der Waals surface area contributed by atoms with Gasteiger partial charge in [-0.3, -0.25) is 14.9 Å². The minimum absolute atomic E-state index is 0.0676. The van der Waals surface area contributed by atoms with E-state index in [4.69, 9.17) is 14.5 Å². The van der Waals surface area contributed by atoms with Crippen LogP contribution in [0.2, 0.25) is 0 Å².